The molecule has 17 heavy (non-hydrogen) atoms. The van der Waals surface area contributed by atoms with Gasteiger partial charge in [-0.1, -0.05) is 67.8 Å². The lowest BCUT2D eigenvalue weighted by atomic mass is 10.1. The highest BCUT2D eigenvalue weighted by atomic mass is 79.9. The number of halogens is 1. The topological polar surface area (TPSA) is 0 Å². The molecule has 0 atom stereocenters. The third-order valence-electron chi connectivity index (χ3n) is 2.97. The van der Waals surface area contributed by atoms with Crippen molar-refractivity contribution >= 4 is 15.9 Å². The molecule has 0 saturated carbocycles. The van der Waals surface area contributed by atoms with E-state index in [1.807, 2.05) is 0 Å². The third kappa shape index (κ3) is 16.0. The first-order valence-electron chi connectivity index (χ1n) is 7.43. The maximum absolute atomic E-state index is 3.46. The van der Waals surface area contributed by atoms with E-state index in [1.165, 1.54) is 64.2 Å². The van der Waals surface area contributed by atoms with E-state index in [4.69, 9.17) is 0 Å². The van der Waals surface area contributed by atoms with E-state index in [0.29, 0.717) is 0 Å². The van der Waals surface area contributed by atoms with Crippen molar-refractivity contribution in [3.63, 3.8) is 0 Å². The molecule has 0 aliphatic heterocycles. The van der Waals surface area contributed by atoms with Crippen molar-refractivity contribution in [2.75, 3.05) is 5.33 Å². The number of alkyl halides is 1. The maximum atomic E-state index is 3.46. The van der Waals surface area contributed by atoms with E-state index in [-0.39, 0.29) is 0 Å². The van der Waals surface area contributed by atoms with Gasteiger partial charge in [-0.3, -0.25) is 0 Å². The zero-order valence-electron chi connectivity index (χ0n) is 11.6. The van der Waals surface area contributed by atoms with E-state index >= 15 is 0 Å². The van der Waals surface area contributed by atoms with Gasteiger partial charge in [0.15, 0.2) is 0 Å². The van der Waals surface area contributed by atoms with Crippen LogP contribution in [-0.4, -0.2) is 5.33 Å². The Morgan fingerprint density at radius 1 is 0.647 bits per heavy atom. The fourth-order valence-corrected chi connectivity index (χ4v) is 2.23. The second-order valence-electron chi connectivity index (χ2n) is 4.72. The van der Waals surface area contributed by atoms with E-state index in [2.05, 4.69) is 34.7 Å². The highest BCUT2D eigenvalue weighted by molar-refractivity contribution is 9.09. The van der Waals surface area contributed by atoms with Crippen LogP contribution in [0.1, 0.15) is 84.0 Å². The zero-order valence-corrected chi connectivity index (χ0v) is 13.2. The Bertz CT molecular complexity index is 187. The quantitative estimate of drug-likeness (QED) is 0.246. The summed E-state index contributed by atoms with van der Waals surface area (Å²) in [6.45, 7) is 2.25. The lowest BCUT2D eigenvalue weighted by Crippen LogP contribution is -1.80. The Labute approximate surface area is 117 Å². The fraction of sp³-hybridized carbons (Fsp3) is 0.875. The highest BCUT2D eigenvalue weighted by Crippen LogP contribution is 2.07. The molecule has 0 fully saturated rings. The van der Waals surface area contributed by atoms with Crippen molar-refractivity contribution in [2.45, 2.75) is 84.0 Å². The Kier molecular flexibility index (Phi) is 16.1. The molecule has 0 aromatic heterocycles. The van der Waals surface area contributed by atoms with Crippen molar-refractivity contribution in [3.05, 3.63) is 0 Å². The molecule has 0 saturated heterocycles. The van der Waals surface area contributed by atoms with Crippen molar-refractivity contribution in [3.8, 4) is 11.8 Å². The molecule has 0 unspecified atom stereocenters. The summed E-state index contributed by atoms with van der Waals surface area (Å²) in [7, 11) is 0. The van der Waals surface area contributed by atoms with Crippen LogP contribution >= 0.6 is 15.9 Å². The normalized spacial score (nSPS) is 10.0. The predicted octanol–water partition coefficient (Wildman–Crippen LogP) is 6.09. The average molecular weight is 301 g/mol. The molecule has 0 aromatic carbocycles. The number of unbranched alkanes of at least 4 members (excludes halogenated alkanes) is 10. The number of rotatable bonds is 11. The third-order valence-corrected chi connectivity index (χ3v) is 3.53. The Balaban J connectivity index is 3.04. The summed E-state index contributed by atoms with van der Waals surface area (Å²) in [4.78, 5) is 0. The van der Waals surface area contributed by atoms with Gasteiger partial charge in [-0.25, -0.2) is 0 Å². The SMILES string of the molecule is CCCCCCC#CCCCCCCCCBr. The van der Waals surface area contributed by atoms with Gasteiger partial charge in [0.2, 0.25) is 0 Å². The molecule has 0 bridgehead atoms. The first-order chi connectivity index (χ1) is 8.41. The summed E-state index contributed by atoms with van der Waals surface area (Å²) >= 11 is 3.46. The molecule has 0 N–H and O–H groups in total. The van der Waals surface area contributed by atoms with Gasteiger partial charge in [-0.2, -0.15) is 0 Å². The molecule has 0 heterocycles. The molecule has 0 rings (SSSR count). The summed E-state index contributed by atoms with van der Waals surface area (Å²) in [5, 5.41) is 1.16. The molecule has 0 spiro atoms. The van der Waals surface area contributed by atoms with Crippen LogP contribution in [0.4, 0.5) is 0 Å². The van der Waals surface area contributed by atoms with Crippen LogP contribution in [0.2, 0.25) is 0 Å². The van der Waals surface area contributed by atoms with Crippen molar-refractivity contribution in [2.24, 2.45) is 0 Å². The monoisotopic (exact) mass is 300 g/mol. The van der Waals surface area contributed by atoms with Crippen LogP contribution in [0, 0.1) is 11.8 Å². The second kappa shape index (κ2) is 16.0. The van der Waals surface area contributed by atoms with Gasteiger partial charge < -0.3 is 0 Å². The summed E-state index contributed by atoms with van der Waals surface area (Å²) in [6.07, 6.45) is 15.8. The van der Waals surface area contributed by atoms with Crippen molar-refractivity contribution in [1.82, 2.24) is 0 Å². The van der Waals surface area contributed by atoms with E-state index in [1.54, 1.807) is 0 Å². The lowest BCUT2D eigenvalue weighted by Gasteiger charge is -1.97. The van der Waals surface area contributed by atoms with E-state index < -0.39 is 0 Å². The number of hydrogen-bond donors (Lipinski definition) is 0. The van der Waals surface area contributed by atoms with Crippen LogP contribution in [-0.2, 0) is 0 Å². The van der Waals surface area contributed by atoms with Gasteiger partial charge in [0.05, 0.1) is 0 Å². The van der Waals surface area contributed by atoms with Gasteiger partial charge in [-0.15, -0.1) is 11.8 Å². The predicted molar refractivity (Wildman–Crippen MR) is 82.6 cm³/mol. The lowest BCUT2D eigenvalue weighted by molar-refractivity contribution is 0.616. The summed E-state index contributed by atoms with van der Waals surface area (Å²) in [5.74, 6) is 6.61. The van der Waals surface area contributed by atoms with Crippen LogP contribution in [0.3, 0.4) is 0 Å². The summed E-state index contributed by atoms with van der Waals surface area (Å²) in [6, 6.07) is 0. The van der Waals surface area contributed by atoms with Gasteiger partial charge in [-0.05, 0) is 19.3 Å². The molecule has 0 radical (unpaired) electrons. The molecule has 0 aliphatic rings. The zero-order chi connectivity index (χ0) is 12.6. The maximum Gasteiger partial charge on any atom is 0.00886 e. The smallest absolute Gasteiger partial charge is 0.00886 e. The fourth-order valence-electron chi connectivity index (χ4n) is 1.83. The van der Waals surface area contributed by atoms with Crippen molar-refractivity contribution in [1.29, 1.82) is 0 Å². The van der Waals surface area contributed by atoms with Crippen LogP contribution in [0.15, 0.2) is 0 Å². The highest BCUT2D eigenvalue weighted by Gasteiger charge is 1.89. The van der Waals surface area contributed by atoms with Crippen molar-refractivity contribution < 1.29 is 0 Å². The van der Waals surface area contributed by atoms with E-state index in [0.717, 1.165) is 18.2 Å². The van der Waals surface area contributed by atoms with Gasteiger partial charge in [0.25, 0.3) is 0 Å². The minimum absolute atomic E-state index is 1.12. The molecular formula is C16H29Br. The standard InChI is InChI=1S/C16H29Br/c1-2-3-4-5-6-7-8-9-10-11-12-13-14-15-16-17/h2-6,9-16H2,1H3. The Hall–Kier alpha value is 0.0400. The van der Waals surface area contributed by atoms with Gasteiger partial charge >= 0.3 is 0 Å². The Morgan fingerprint density at radius 3 is 1.65 bits per heavy atom. The second-order valence-corrected chi connectivity index (χ2v) is 5.52. The van der Waals surface area contributed by atoms with Crippen LogP contribution < -0.4 is 0 Å². The molecule has 0 aromatic rings. The van der Waals surface area contributed by atoms with Gasteiger partial charge in [0, 0.05) is 18.2 Å². The summed E-state index contributed by atoms with van der Waals surface area (Å²) < 4.78 is 0. The largest absolute Gasteiger partial charge is 0.103 e. The van der Waals surface area contributed by atoms with Gasteiger partial charge in [0.1, 0.15) is 0 Å². The first kappa shape index (κ1) is 17.0. The molecular weight excluding hydrogens is 272 g/mol. The minimum Gasteiger partial charge on any atom is -0.103 e. The molecule has 0 amide bonds. The molecule has 0 nitrogen and oxygen atoms in total. The van der Waals surface area contributed by atoms with E-state index in [9.17, 15) is 0 Å². The first-order valence-corrected chi connectivity index (χ1v) is 8.55. The Morgan fingerprint density at radius 2 is 1.12 bits per heavy atom. The molecule has 0 aliphatic carbocycles. The molecule has 100 valence electrons. The minimum atomic E-state index is 1.12. The summed E-state index contributed by atoms with van der Waals surface area (Å²) in [5.41, 5.74) is 0. The van der Waals surface area contributed by atoms with Crippen LogP contribution in [0.5, 0.6) is 0 Å². The average Bonchev–Trinajstić information content (AvgIpc) is 2.35. The number of hydrogen-bond acceptors (Lipinski definition) is 0. The molecule has 1 heteroatoms. The van der Waals surface area contributed by atoms with Crippen LogP contribution in [0.25, 0.3) is 0 Å².